The summed E-state index contributed by atoms with van der Waals surface area (Å²) in [5.41, 5.74) is -0.443. The summed E-state index contributed by atoms with van der Waals surface area (Å²) in [4.78, 5) is 13.1. The predicted octanol–water partition coefficient (Wildman–Crippen LogP) is 3.46. The summed E-state index contributed by atoms with van der Waals surface area (Å²) in [6, 6.07) is 14.3. The monoisotopic (exact) mass is 317 g/mol. The van der Waals surface area contributed by atoms with Crippen LogP contribution in [0.25, 0.3) is 10.8 Å². The van der Waals surface area contributed by atoms with Crippen molar-refractivity contribution < 1.29 is 9.90 Å². The predicted molar refractivity (Wildman–Crippen MR) is 93.1 cm³/mol. The number of hydrogen-bond donors (Lipinski definition) is 2. The summed E-state index contributed by atoms with van der Waals surface area (Å²) in [6.45, 7) is 5.55. The van der Waals surface area contributed by atoms with Crippen LogP contribution < -0.4 is 5.32 Å². The van der Waals surface area contributed by atoms with Gasteiger partial charge in [0.1, 0.15) is 0 Å². The van der Waals surface area contributed by atoms with Crippen LogP contribution in [0.5, 0.6) is 0 Å². The van der Waals surface area contributed by atoms with Crippen LogP contribution >= 0.6 is 11.8 Å². The third kappa shape index (κ3) is 4.49. The molecule has 0 aliphatic carbocycles. The van der Waals surface area contributed by atoms with Crippen LogP contribution in [-0.4, -0.2) is 29.4 Å². The second-order valence-electron chi connectivity index (χ2n) is 6.42. The highest BCUT2D eigenvalue weighted by Crippen LogP contribution is 2.24. The van der Waals surface area contributed by atoms with Crippen LogP contribution in [0.3, 0.4) is 0 Å². The maximum Gasteiger partial charge on any atom is 0.225 e. The van der Waals surface area contributed by atoms with E-state index < -0.39 is 5.41 Å². The van der Waals surface area contributed by atoms with E-state index >= 15 is 0 Å². The van der Waals surface area contributed by atoms with Gasteiger partial charge in [-0.15, -0.1) is 11.8 Å². The molecule has 0 spiro atoms. The van der Waals surface area contributed by atoms with Crippen molar-refractivity contribution in [2.75, 3.05) is 12.4 Å². The van der Waals surface area contributed by atoms with Gasteiger partial charge < -0.3 is 10.4 Å². The normalized spacial score (nSPS) is 13.1. The number of rotatable bonds is 5. The zero-order chi connectivity index (χ0) is 16.2. The average Bonchev–Trinajstić information content (AvgIpc) is 2.50. The van der Waals surface area contributed by atoms with Crippen LogP contribution in [0.1, 0.15) is 20.8 Å². The third-order valence-corrected chi connectivity index (χ3v) is 4.57. The first kappa shape index (κ1) is 16.8. The van der Waals surface area contributed by atoms with E-state index in [0.29, 0.717) is 5.75 Å². The van der Waals surface area contributed by atoms with Gasteiger partial charge in [0.2, 0.25) is 5.91 Å². The lowest BCUT2D eigenvalue weighted by Crippen LogP contribution is -2.44. The largest absolute Gasteiger partial charge is 0.394 e. The number of benzene rings is 2. The highest BCUT2D eigenvalue weighted by Gasteiger charge is 2.23. The molecule has 0 aromatic heterocycles. The smallest absolute Gasteiger partial charge is 0.225 e. The van der Waals surface area contributed by atoms with Crippen molar-refractivity contribution in [3.05, 3.63) is 42.5 Å². The molecule has 0 aliphatic rings. The zero-order valence-corrected chi connectivity index (χ0v) is 14.1. The molecule has 0 bridgehead atoms. The Morgan fingerprint density at radius 3 is 2.50 bits per heavy atom. The van der Waals surface area contributed by atoms with Crippen molar-refractivity contribution in [1.82, 2.24) is 5.32 Å². The number of thioether (sulfide) groups is 1. The Hall–Kier alpha value is -1.52. The standard InChI is InChI=1S/C18H23NO2S/c1-18(2,3)17(21)19-15(11-20)12-22-16-9-8-13-6-4-5-7-14(13)10-16/h4-10,15,20H,11-12H2,1-3H3,(H,19,21)/t15-/m0/s1. The maximum atomic E-state index is 12.0. The second kappa shape index (κ2) is 7.16. The number of carbonyl (C=O) groups excluding carboxylic acids is 1. The molecule has 3 nitrogen and oxygen atoms in total. The summed E-state index contributed by atoms with van der Waals surface area (Å²) in [7, 11) is 0. The van der Waals surface area contributed by atoms with Gasteiger partial charge in [-0.25, -0.2) is 0 Å². The highest BCUT2D eigenvalue weighted by atomic mass is 32.2. The van der Waals surface area contributed by atoms with Gasteiger partial charge >= 0.3 is 0 Å². The van der Waals surface area contributed by atoms with E-state index in [-0.39, 0.29) is 18.6 Å². The molecule has 0 saturated carbocycles. The first-order chi connectivity index (χ1) is 10.4. The topological polar surface area (TPSA) is 49.3 Å². The first-order valence-electron chi connectivity index (χ1n) is 7.43. The molecule has 2 aromatic carbocycles. The summed E-state index contributed by atoms with van der Waals surface area (Å²) >= 11 is 1.65. The first-order valence-corrected chi connectivity index (χ1v) is 8.42. The Morgan fingerprint density at radius 2 is 1.86 bits per heavy atom. The molecule has 1 atom stereocenters. The molecule has 1 amide bonds. The highest BCUT2D eigenvalue weighted by molar-refractivity contribution is 7.99. The number of carbonyl (C=O) groups is 1. The summed E-state index contributed by atoms with van der Waals surface area (Å²) in [5.74, 6) is 0.613. The van der Waals surface area contributed by atoms with E-state index in [4.69, 9.17) is 0 Å². The van der Waals surface area contributed by atoms with Gasteiger partial charge in [-0.2, -0.15) is 0 Å². The third-order valence-electron chi connectivity index (χ3n) is 3.41. The zero-order valence-electron chi connectivity index (χ0n) is 13.3. The van der Waals surface area contributed by atoms with Crippen molar-refractivity contribution in [2.45, 2.75) is 31.7 Å². The van der Waals surface area contributed by atoms with E-state index in [1.54, 1.807) is 11.8 Å². The van der Waals surface area contributed by atoms with E-state index in [0.717, 1.165) is 4.90 Å². The number of aliphatic hydroxyl groups excluding tert-OH is 1. The summed E-state index contributed by atoms with van der Waals surface area (Å²) in [5, 5.41) is 14.8. The van der Waals surface area contributed by atoms with Crippen molar-refractivity contribution in [2.24, 2.45) is 5.41 Å². The van der Waals surface area contributed by atoms with Crippen LogP contribution in [0.15, 0.2) is 47.4 Å². The quantitative estimate of drug-likeness (QED) is 0.830. The molecular weight excluding hydrogens is 294 g/mol. The maximum absolute atomic E-state index is 12.0. The molecular formula is C18H23NO2S. The molecule has 0 unspecified atom stereocenters. The van der Waals surface area contributed by atoms with Gasteiger partial charge in [0.05, 0.1) is 12.6 Å². The molecule has 0 heterocycles. The molecule has 2 N–H and O–H groups in total. The molecule has 0 saturated heterocycles. The molecule has 2 rings (SSSR count). The fraction of sp³-hybridized carbons (Fsp3) is 0.389. The van der Waals surface area contributed by atoms with Crippen molar-refractivity contribution in [3.8, 4) is 0 Å². The molecule has 0 fully saturated rings. The van der Waals surface area contributed by atoms with E-state index in [1.807, 2.05) is 32.9 Å². The van der Waals surface area contributed by atoms with Gasteiger partial charge in [0, 0.05) is 16.1 Å². The Labute approximate surface area is 136 Å². The average molecular weight is 317 g/mol. The number of fused-ring (bicyclic) bond motifs is 1. The lowest BCUT2D eigenvalue weighted by Gasteiger charge is -2.23. The van der Waals surface area contributed by atoms with Crippen molar-refractivity contribution in [3.63, 3.8) is 0 Å². The number of aliphatic hydroxyl groups is 1. The Kier molecular flexibility index (Phi) is 5.48. The molecule has 118 valence electrons. The van der Waals surface area contributed by atoms with Crippen molar-refractivity contribution >= 4 is 28.4 Å². The fourth-order valence-corrected chi connectivity index (χ4v) is 2.95. The number of amides is 1. The summed E-state index contributed by atoms with van der Waals surface area (Å²) in [6.07, 6.45) is 0. The van der Waals surface area contributed by atoms with Crippen LogP contribution in [0, 0.1) is 5.41 Å². The molecule has 4 heteroatoms. The van der Waals surface area contributed by atoms with Gasteiger partial charge in [-0.1, -0.05) is 51.1 Å². The Bertz CT molecular complexity index is 649. The molecule has 2 aromatic rings. The molecule has 0 aliphatic heterocycles. The molecule has 0 radical (unpaired) electrons. The SMILES string of the molecule is CC(C)(C)C(=O)N[C@@H](CO)CSc1ccc2ccccc2c1. The minimum Gasteiger partial charge on any atom is -0.394 e. The van der Waals surface area contributed by atoms with E-state index in [1.165, 1.54) is 10.8 Å². The van der Waals surface area contributed by atoms with Gasteiger partial charge in [0.25, 0.3) is 0 Å². The van der Waals surface area contributed by atoms with Crippen molar-refractivity contribution in [1.29, 1.82) is 0 Å². The molecule has 22 heavy (non-hydrogen) atoms. The summed E-state index contributed by atoms with van der Waals surface area (Å²) < 4.78 is 0. The lowest BCUT2D eigenvalue weighted by molar-refractivity contribution is -0.129. The van der Waals surface area contributed by atoms with Gasteiger partial charge in [0.15, 0.2) is 0 Å². The van der Waals surface area contributed by atoms with Crippen LogP contribution in [0.4, 0.5) is 0 Å². The second-order valence-corrected chi connectivity index (χ2v) is 7.52. The number of nitrogens with one attached hydrogen (secondary N) is 1. The van der Waals surface area contributed by atoms with Crippen LogP contribution in [0.2, 0.25) is 0 Å². The fourth-order valence-electron chi connectivity index (χ4n) is 2.00. The van der Waals surface area contributed by atoms with E-state index in [2.05, 4.69) is 35.6 Å². The Morgan fingerprint density at radius 1 is 1.18 bits per heavy atom. The van der Waals surface area contributed by atoms with E-state index in [9.17, 15) is 9.90 Å². The van der Waals surface area contributed by atoms with Crippen LogP contribution in [-0.2, 0) is 4.79 Å². The number of hydrogen-bond acceptors (Lipinski definition) is 3. The Balaban J connectivity index is 1.98. The minimum absolute atomic E-state index is 0.0364. The minimum atomic E-state index is -0.443. The lowest BCUT2D eigenvalue weighted by atomic mass is 9.95. The van der Waals surface area contributed by atoms with Gasteiger partial charge in [-0.3, -0.25) is 4.79 Å². The van der Waals surface area contributed by atoms with Gasteiger partial charge in [-0.05, 0) is 22.9 Å².